The molecule has 0 amide bonds. The van der Waals surface area contributed by atoms with Gasteiger partial charge >= 0.3 is 66.8 Å². The summed E-state index contributed by atoms with van der Waals surface area (Å²) in [4.78, 5) is 9.76. The summed E-state index contributed by atoms with van der Waals surface area (Å²) in [6.45, 7) is 4.48. The van der Waals surface area contributed by atoms with Crippen LogP contribution >= 0.6 is 8.60 Å². The molecule has 2 saturated carbocycles. The van der Waals surface area contributed by atoms with E-state index in [0.29, 0.717) is 0 Å². The van der Waals surface area contributed by atoms with Crippen LogP contribution in [0.3, 0.4) is 0 Å². The number of rotatable bonds is 4. The molecule has 96 valence electrons. The molecule has 2 fully saturated rings. The first-order valence-corrected chi connectivity index (χ1v) is 7.59. The van der Waals surface area contributed by atoms with Crippen molar-refractivity contribution < 1.29 is 73.6 Å². The van der Waals surface area contributed by atoms with E-state index in [2.05, 4.69) is 13.8 Å². The van der Waals surface area contributed by atoms with Crippen LogP contribution in [-0.2, 0) is 9.05 Å². The molecule has 2 aliphatic carbocycles. The van der Waals surface area contributed by atoms with Gasteiger partial charge in [0.05, 0.1) is 12.2 Å². The Morgan fingerprint density at radius 1 is 0.941 bits per heavy atom. The molecule has 0 radical (unpaired) electrons. The van der Waals surface area contributed by atoms with E-state index in [1.807, 2.05) is 0 Å². The Kier molecular flexibility index (Phi) is 8.50. The summed E-state index contributed by atoms with van der Waals surface area (Å²) in [5.41, 5.74) is 0. The SMILES string of the molecule is CC1CCC(OP(O)OC2CCC(C)C2)C1.[H-].[Rb+]. The summed E-state index contributed by atoms with van der Waals surface area (Å²) < 4.78 is 11.2. The molecule has 0 aromatic rings. The molecule has 5 heteroatoms. The summed E-state index contributed by atoms with van der Waals surface area (Å²) in [6, 6.07) is 0. The van der Waals surface area contributed by atoms with Gasteiger partial charge in [0.1, 0.15) is 0 Å². The molecule has 4 atom stereocenters. The van der Waals surface area contributed by atoms with Gasteiger partial charge in [-0.3, -0.25) is 0 Å². The Bertz CT molecular complexity index is 213. The first-order chi connectivity index (χ1) is 7.63. The first-order valence-electron chi connectivity index (χ1n) is 6.46. The Hall–Kier alpha value is 2.12. The van der Waals surface area contributed by atoms with Crippen molar-refractivity contribution in [2.24, 2.45) is 11.8 Å². The molecule has 17 heavy (non-hydrogen) atoms. The molecular formula is C12H24O3PRb. The minimum Gasteiger partial charge on any atom is -1.00 e. The molecule has 2 rings (SSSR count). The topological polar surface area (TPSA) is 38.7 Å². The van der Waals surface area contributed by atoms with Crippen molar-refractivity contribution in [3.63, 3.8) is 0 Å². The molecule has 0 aromatic heterocycles. The fourth-order valence-electron chi connectivity index (χ4n) is 2.78. The zero-order valence-electron chi connectivity index (χ0n) is 12.3. The molecule has 0 aliphatic heterocycles. The second-order valence-electron chi connectivity index (χ2n) is 5.53. The standard InChI is InChI=1S/C12H23O3P.Rb.H/c1-9-3-5-11(7-9)14-16(13)15-12-6-4-10(2)8-12;;/h9-13H,3-8H2,1-2H3;;/q;+1;-1. The van der Waals surface area contributed by atoms with Crippen LogP contribution in [0.2, 0.25) is 0 Å². The van der Waals surface area contributed by atoms with Gasteiger partial charge in [-0.2, -0.15) is 0 Å². The van der Waals surface area contributed by atoms with Gasteiger partial charge in [0.2, 0.25) is 0 Å². The second-order valence-corrected chi connectivity index (χ2v) is 6.43. The van der Waals surface area contributed by atoms with Gasteiger partial charge in [-0.1, -0.05) is 13.8 Å². The summed E-state index contributed by atoms with van der Waals surface area (Å²) in [7, 11) is -1.64. The van der Waals surface area contributed by atoms with Crippen molar-refractivity contribution >= 4 is 8.60 Å². The van der Waals surface area contributed by atoms with Crippen molar-refractivity contribution in [1.82, 2.24) is 0 Å². The Morgan fingerprint density at radius 3 is 1.65 bits per heavy atom. The van der Waals surface area contributed by atoms with Crippen LogP contribution < -0.4 is 58.2 Å². The van der Waals surface area contributed by atoms with Crippen molar-refractivity contribution in [1.29, 1.82) is 0 Å². The minimum atomic E-state index is -1.64. The van der Waals surface area contributed by atoms with Gasteiger partial charge in [0, 0.05) is 0 Å². The average Bonchev–Trinajstić information content (AvgIpc) is 2.76. The van der Waals surface area contributed by atoms with Crippen LogP contribution in [0.15, 0.2) is 0 Å². The van der Waals surface area contributed by atoms with Gasteiger partial charge in [0.15, 0.2) is 0 Å². The maximum Gasteiger partial charge on any atom is 1.00 e. The van der Waals surface area contributed by atoms with Gasteiger partial charge in [-0.15, -0.1) is 0 Å². The molecule has 0 heterocycles. The van der Waals surface area contributed by atoms with Crippen molar-refractivity contribution in [2.45, 2.75) is 64.6 Å². The molecule has 3 nitrogen and oxygen atoms in total. The normalized spacial score (nSPS) is 39.0. The van der Waals surface area contributed by atoms with Crippen molar-refractivity contribution in [3.8, 4) is 0 Å². The summed E-state index contributed by atoms with van der Waals surface area (Å²) in [5, 5.41) is 0. The summed E-state index contributed by atoms with van der Waals surface area (Å²) in [6.07, 6.45) is 7.18. The second kappa shape index (κ2) is 8.41. The molecule has 4 unspecified atom stereocenters. The van der Waals surface area contributed by atoms with Gasteiger partial charge in [-0.25, -0.2) is 0 Å². The van der Waals surface area contributed by atoms with Crippen LogP contribution in [0.4, 0.5) is 0 Å². The average molecular weight is 333 g/mol. The smallest absolute Gasteiger partial charge is 1.00 e. The van der Waals surface area contributed by atoms with Crippen LogP contribution in [-0.4, -0.2) is 17.1 Å². The van der Waals surface area contributed by atoms with Gasteiger partial charge in [0.25, 0.3) is 0 Å². The fraction of sp³-hybridized carbons (Fsp3) is 1.00. The van der Waals surface area contributed by atoms with Crippen molar-refractivity contribution in [2.75, 3.05) is 0 Å². The van der Waals surface area contributed by atoms with Crippen LogP contribution in [0.1, 0.15) is 53.8 Å². The van der Waals surface area contributed by atoms with Crippen molar-refractivity contribution in [3.05, 3.63) is 0 Å². The monoisotopic (exact) mass is 332 g/mol. The number of hydrogen-bond donors (Lipinski definition) is 1. The largest absolute Gasteiger partial charge is 1.00 e. The molecule has 1 N–H and O–H groups in total. The predicted molar refractivity (Wildman–Crippen MR) is 66.0 cm³/mol. The molecule has 0 aromatic carbocycles. The van der Waals surface area contributed by atoms with Gasteiger partial charge < -0.3 is 15.4 Å². The molecule has 0 bridgehead atoms. The summed E-state index contributed by atoms with van der Waals surface area (Å²) >= 11 is 0. The molecule has 2 aliphatic rings. The molecular weight excluding hydrogens is 309 g/mol. The van der Waals surface area contributed by atoms with Gasteiger partial charge in [-0.05, 0) is 50.4 Å². The van der Waals surface area contributed by atoms with E-state index >= 15 is 0 Å². The van der Waals surface area contributed by atoms with E-state index in [-0.39, 0.29) is 71.8 Å². The van der Waals surface area contributed by atoms with Crippen LogP contribution in [0.25, 0.3) is 0 Å². The third kappa shape index (κ3) is 5.95. The Morgan fingerprint density at radius 2 is 1.35 bits per heavy atom. The van der Waals surface area contributed by atoms with E-state index < -0.39 is 8.60 Å². The zero-order valence-corrected chi connectivity index (χ0v) is 17.1. The maximum absolute atomic E-state index is 9.76. The minimum absolute atomic E-state index is 0. The predicted octanol–water partition coefficient (Wildman–Crippen LogP) is 0.732. The van der Waals surface area contributed by atoms with E-state index in [1.165, 1.54) is 12.8 Å². The van der Waals surface area contributed by atoms with E-state index in [1.54, 1.807) is 0 Å². The molecule has 0 saturated heterocycles. The van der Waals surface area contributed by atoms with Crippen LogP contribution in [0.5, 0.6) is 0 Å². The maximum atomic E-state index is 9.76. The molecule has 0 spiro atoms. The Balaban J connectivity index is 0.00000144. The van der Waals surface area contributed by atoms with Crippen LogP contribution in [0, 0.1) is 11.8 Å². The zero-order chi connectivity index (χ0) is 11.5. The quantitative estimate of drug-likeness (QED) is 0.772. The van der Waals surface area contributed by atoms with E-state index in [0.717, 1.165) is 37.5 Å². The van der Waals surface area contributed by atoms with E-state index in [4.69, 9.17) is 9.05 Å². The third-order valence-corrected chi connectivity index (χ3v) is 4.73. The summed E-state index contributed by atoms with van der Waals surface area (Å²) in [5.74, 6) is 1.47. The Labute approximate surface area is 156 Å². The third-order valence-electron chi connectivity index (χ3n) is 3.77. The number of hydrogen-bond acceptors (Lipinski definition) is 3. The fourth-order valence-corrected chi connectivity index (χ4v) is 3.72. The first kappa shape index (κ1) is 17.2. The van der Waals surface area contributed by atoms with E-state index in [9.17, 15) is 4.89 Å².